The van der Waals surface area contributed by atoms with Gasteiger partial charge in [0.25, 0.3) is 0 Å². The number of rotatable bonds is 6. The van der Waals surface area contributed by atoms with E-state index in [0.717, 1.165) is 25.9 Å². The maximum absolute atomic E-state index is 12.3. The highest BCUT2D eigenvalue weighted by Gasteiger charge is 2.26. The Bertz CT molecular complexity index is 484. The fourth-order valence-corrected chi connectivity index (χ4v) is 3.10. The number of hydrogen-bond donors (Lipinski definition) is 1. The first-order valence-corrected chi connectivity index (χ1v) is 8.25. The second-order valence-corrected chi connectivity index (χ2v) is 6.34. The van der Waals surface area contributed by atoms with Crippen LogP contribution in [-0.2, 0) is 11.3 Å². The lowest BCUT2D eigenvalue weighted by Crippen LogP contribution is -2.44. The minimum Gasteiger partial charge on any atom is -0.385 e. The standard InChI is InChI=1S/C15H25ClN4O2/c1-18(2)12-3-7-19(8-4-12)14(22)11-13(21)15-17-6-10-20(15)9-5-16/h6,10,12-13,21H,3-5,7-9,11H2,1-2H3. The molecule has 0 aromatic carbocycles. The van der Waals surface area contributed by atoms with Crippen molar-refractivity contribution in [3.63, 3.8) is 0 Å². The Kier molecular flexibility index (Phi) is 6.23. The summed E-state index contributed by atoms with van der Waals surface area (Å²) < 4.78 is 1.79. The molecular formula is C15H25ClN4O2. The van der Waals surface area contributed by atoms with E-state index in [-0.39, 0.29) is 12.3 Å². The molecule has 0 saturated carbocycles. The van der Waals surface area contributed by atoms with Gasteiger partial charge in [-0.15, -0.1) is 11.6 Å². The average molecular weight is 329 g/mol. The van der Waals surface area contributed by atoms with Gasteiger partial charge in [-0.2, -0.15) is 0 Å². The van der Waals surface area contributed by atoms with Crippen LogP contribution in [0.15, 0.2) is 12.4 Å². The van der Waals surface area contributed by atoms with Crippen LogP contribution in [0.5, 0.6) is 0 Å². The zero-order valence-corrected chi connectivity index (χ0v) is 14.0. The molecule has 1 aromatic heterocycles. The number of aryl methyl sites for hydroxylation is 1. The number of nitrogens with zero attached hydrogens (tertiary/aromatic N) is 4. The molecule has 7 heteroatoms. The molecule has 1 aliphatic heterocycles. The van der Waals surface area contributed by atoms with Crippen molar-refractivity contribution in [2.45, 2.75) is 38.0 Å². The average Bonchev–Trinajstić information content (AvgIpc) is 2.96. The molecule has 124 valence electrons. The Morgan fingerprint density at radius 1 is 1.50 bits per heavy atom. The molecule has 1 unspecified atom stereocenters. The molecule has 0 spiro atoms. The Labute approximate surface area is 136 Å². The van der Waals surface area contributed by atoms with Crippen LogP contribution in [0.3, 0.4) is 0 Å². The molecule has 22 heavy (non-hydrogen) atoms. The van der Waals surface area contributed by atoms with Gasteiger partial charge in [-0.05, 0) is 26.9 Å². The van der Waals surface area contributed by atoms with Gasteiger partial charge in [0.1, 0.15) is 11.9 Å². The summed E-state index contributed by atoms with van der Waals surface area (Å²) >= 11 is 5.73. The van der Waals surface area contributed by atoms with Crippen molar-refractivity contribution in [1.82, 2.24) is 19.4 Å². The van der Waals surface area contributed by atoms with Gasteiger partial charge in [0.2, 0.25) is 5.91 Å². The molecule has 0 aliphatic carbocycles. The molecule has 0 bridgehead atoms. The van der Waals surface area contributed by atoms with E-state index in [2.05, 4.69) is 24.0 Å². The highest BCUT2D eigenvalue weighted by molar-refractivity contribution is 6.17. The highest BCUT2D eigenvalue weighted by atomic mass is 35.5. The quantitative estimate of drug-likeness (QED) is 0.794. The lowest BCUT2D eigenvalue weighted by atomic mass is 10.0. The fourth-order valence-electron chi connectivity index (χ4n) is 2.92. The maximum Gasteiger partial charge on any atom is 0.225 e. The molecule has 1 atom stereocenters. The number of likely N-dealkylation sites (tertiary alicyclic amines) is 1. The highest BCUT2D eigenvalue weighted by Crippen LogP contribution is 2.20. The third kappa shape index (κ3) is 4.21. The van der Waals surface area contributed by atoms with Gasteiger partial charge in [0.05, 0.1) is 6.42 Å². The monoisotopic (exact) mass is 328 g/mol. The number of aliphatic hydroxyl groups is 1. The van der Waals surface area contributed by atoms with Gasteiger partial charge in [-0.25, -0.2) is 4.98 Å². The van der Waals surface area contributed by atoms with Crippen LogP contribution < -0.4 is 0 Å². The van der Waals surface area contributed by atoms with Crippen LogP contribution in [0.2, 0.25) is 0 Å². The number of aliphatic hydroxyl groups excluding tert-OH is 1. The normalized spacial score (nSPS) is 18.0. The number of carbonyl (C=O) groups excluding carboxylic acids is 1. The van der Waals surface area contributed by atoms with E-state index in [1.807, 2.05) is 4.90 Å². The van der Waals surface area contributed by atoms with Crippen LogP contribution in [0.25, 0.3) is 0 Å². The summed E-state index contributed by atoms with van der Waals surface area (Å²) in [5.74, 6) is 0.949. The first-order valence-electron chi connectivity index (χ1n) is 7.72. The number of hydrogen-bond acceptors (Lipinski definition) is 4. The molecule has 1 amide bonds. The van der Waals surface area contributed by atoms with Crippen molar-refractivity contribution in [3.05, 3.63) is 18.2 Å². The van der Waals surface area contributed by atoms with Crippen molar-refractivity contribution in [1.29, 1.82) is 0 Å². The summed E-state index contributed by atoms with van der Waals surface area (Å²) in [6.45, 7) is 2.09. The smallest absolute Gasteiger partial charge is 0.225 e. The number of alkyl halides is 1. The largest absolute Gasteiger partial charge is 0.385 e. The molecular weight excluding hydrogens is 304 g/mol. The van der Waals surface area contributed by atoms with Crippen LogP contribution >= 0.6 is 11.6 Å². The van der Waals surface area contributed by atoms with Gasteiger partial charge in [-0.1, -0.05) is 0 Å². The van der Waals surface area contributed by atoms with Crippen molar-refractivity contribution in [3.8, 4) is 0 Å². The molecule has 1 aliphatic rings. The van der Waals surface area contributed by atoms with Crippen molar-refractivity contribution >= 4 is 17.5 Å². The van der Waals surface area contributed by atoms with Crippen LogP contribution in [-0.4, -0.2) is 69.5 Å². The Balaban J connectivity index is 1.88. The molecule has 1 saturated heterocycles. The van der Waals surface area contributed by atoms with Crippen LogP contribution in [0.1, 0.15) is 31.2 Å². The third-order valence-electron chi connectivity index (χ3n) is 4.29. The predicted molar refractivity (Wildman–Crippen MR) is 85.8 cm³/mol. The third-order valence-corrected chi connectivity index (χ3v) is 4.46. The van der Waals surface area contributed by atoms with Crippen molar-refractivity contribution < 1.29 is 9.90 Å². The molecule has 0 radical (unpaired) electrons. The molecule has 2 heterocycles. The molecule has 6 nitrogen and oxygen atoms in total. The van der Waals surface area contributed by atoms with Gasteiger partial charge in [0.15, 0.2) is 0 Å². The predicted octanol–water partition coefficient (Wildman–Crippen LogP) is 1.10. The van der Waals surface area contributed by atoms with E-state index in [9.17, 15) is 9.90 Å². The number of halogens is 1. The first kappa shape index (κ1) is 17.2. The Morgan fingerprint density at radius 3 is 2.77 bits per heavy atom. The molecule has 2 rings (SSSR count). The zero-order chi connectivity index (χ0) is 16.1. The fraction of sp³-hybridized carbons (Fsp3) is 0.733. The molecule has 1 fully saturated rings. The number of aromatic nitrogens is 2. The second-order valence-electron chi connectivity index (χ2n) is 5.96. The number of carbonyl (C=O) groups is 1. The van der Waals surface area contributed by atoms with E-state index in [1.54, 1.807) is 17.0 Å². The lowest BCUT2D eigenvalue weighted by molar-refractivity contribution is -0.135. The topological polar surface area (TPSA) is 61.6 Å². The summed E-state index contributed by atoms with van der Waals surface area (Å²) in [6, 6.07) is 0.539. The summed E-state index contributed by atoms with van der Waals surface area (Å²) in [5, 5.41) is 10.3. The van der Waals surface area contributed by atoms with Crippen LogP contribution in [0.4, 0.5) is 0 Å². The minimum absolute atomic E-state index is 0.00914. The van der Waals surface area contributed by atoms with E-state index >= 15 is 0 Å². The van der Waals surface area contributed by atoms with E-state index < -0.39 is 6.10 Å². The van der Waals surface area contributed by atoms with Crippen LogP contribution in [0, 0.1) is 0 Å². The van der Waals surface area contributed by atoms with Gasteiger partial charge in [0, 0.05) is 43.9 Å². The second kappa shape index (κ2) is 7.94. The van der Waals surface area contributed by atoms with Crippen molar-refractivity contribution in [2.24, 2.45) is 0 Å². The summed E-state index contributed by atoms with van der Waals surface area (Å²) in [4.78, 5) is 20.5. The summed E-state index contributed by atoms with van der Waals surface area (Å²) in [7, 11) is 4.14. The number of piperidine rings is 1. The maximum atomic E-state index is 12.3. The van der Waals surface area contributed by atoms with E-state index in [0.29, 0.717) is 24.3 Å². The van der Waals surface area contributed by atoms with E-state index in [4.69, 9.17) is 11.6 Å². The summed E-state index contributed by atoms with van der Waals surface area (Å²) in [5.41, 5.74) is 0. The Hall–Kier alpha value is -1.11. The number of amides is 1. The summed E-state index contributed by atoms with van der Waals surface area (Å²) in [6.07, 6.45) is 4.56. The SMILES string of the molecule is CN(C)C1CCN(C(=O)CC(O)c2nccn2CCCl)CC1. The number of imidazole rings is 1. The van der Waals surface area contributed by atoms with Gasteiger partial charge >= 0.3 is 0 Å². The first-order chi connectivity index (χ1) is 10.5. The lowest BCUT2D eigenvalue weighted by Gasteiger charge is -2.35. The molecule has 1 N–H and O–H groups in total. The van der Waals surface area contributed by atoms with E-state index in [1.165, 1.54) is 0 Å². The van der Waals surface area contributed by atoms with Crippen molar-refractivity contribution in [2.75, 3.05) is 33.1 Å². The van der Waals surface area contributed by atoms with Gasteiger partial charge in [-0.3, -0.25) is 4.79 Å². The van der Waals surface area contributed by atoms with Gasteiger partial charge < -0.3 is 19.5 Å². The minimum atomic E-state index is -0.878. The molecule has 1 aromatic rings. The zero-order valence-electron chi connectivity index (χ0n) is 13.3. The Morgan fingerprint density at radius 2 is 2.18 bits per heavy atom.